The number of aromatic amines is 1. The van der Waals surface area contributed by atoms with E-state index in [9.17, 15) is 9.59 Å². The van der Waals surface area contributed by atoms with Crippen molar-refractivity contribution in [2.75, 3.05) is 6.54 Å². The maximum atomic E-state index is 12.4. The second-order valence-electron chi connectivity index (χ2n) is 6.99. The van der Waals surface area contributed by atoms with E-state index in [2.05, 4.69) is 16.4 Å². The summed E-state index contributed by atoms with van der Waals surface area (Å²) in [6, 6.07) is 10.5. The van der Waals surface area contributed by atoms with Gasteiger partial charge in [0.2, 0.25) is 11.8 Å². The molecule has 4 rings (SSSR count). The van der Waals surface area contributed by atoms with Gasteiger partial charge in [-0.25, -0.2) is 0 Å². The van der Waals surface area contributed by atoms with Crippen molar-refractivity contribution in [3.8, 4) is 0 Å². The van der Waals surface area contributed by atoms with Gasteiger partial charge in [0.15, 0.2) is 0 Å². The zero-order chi connectivity index (χ0) is 16.5. The predicted molar refractivity (Wildman–Crippen MR) is 92.2 cm³/mol. The standard InChI is InChI=1S/C19H23N3O2/c23-18-10-14(12-22(18)16-6-2-3-7-16)19(24)20-11-15-9-13-5-1-4-8-17(13)21-15/h1,4-5,8-9,14,16,21H,2-3,6-7,10-12H2,(H,20,24). The van der Waals surface area contributed by atoms with Gasteiger partial charge in [0.1, 0.15) is 0 Å². The lowest BCUT2D eigenvalue weighted by molar-refractivity contribution is -0.130. The van der Waals surface area contributed by atoms with Crippen molar-refractivity contribution in [3.05, 3.63) is 36.0 Å². The third-order valence-corrected chi connectivity index (χ3v) is 5.33. The fourth-order valence-corrected chi connectivity index (χ4v) is 4.03. The molecule has 24 heavy (non-hydrogen) atoms. The van der Waals surface area contributed by atoms with Gasteiger partial charge in [-0.05, 0) is 30.4 Å². The summed E-state index contributed by atoms with van der Waals surface area (Å²) in [5, 5.41) is 4.13. The minimum Gasteiger partial charge on any atom is -0.357 e. The van der Waals surface area contributed by atoms with Crippen LogP contribution >= 0.6 is 0 Å². The van der Waals surface area contributed by atoms with Crippen LogP contribution in [0.1, 0.15) is 37.8 Å². The second kappa shape index (κ2) is 6.30. The zero-order valence-electron chi connectivity index (χ0n) is 13.8. The number of amides is 2. The number of rotatable bonds is 4. The number of carbonyl (C=O) groups excluding carboxylic acids is 2. The molecule has 2 aromatic rings. The van der Waals surface area contributed by atoms with E-state index >= 15 is 0 Å². The highest BCUT2D eigenvalue weighted by atomic mass is 16.2. The molecule has 1 atom stereocenters. The lowest BCUT2D eigenvalue weighted by Crippen LogP contribution is -2.36. The number of hydrogen-bond acceptors (Lipinski definition) is 2. The van der Waals surface area contributed by atoms with Crippen LogP contribution in [0.2, 0.25) is 0 Å². The number of likely N-dealkylation sites (tertiary alicyclic amines) is 1. The van der Waals surface area contributed by atoms with E-state index in [1.165, 1.54) is 12.8 Å². The van der Waals surface area contributed by atoms with Crippen LogP contribution in [0.15, 0.2) is 30.3 Å². The third-order valence-electron chi connectivity index (χ3n) is 5.33. The Morgan fingerprint density at radius 2 is 2.04 bits per heavy atom. The lowest BCUT2D eigenvalue weighted by atomic mass is 10.1. The Hall–Kier alpha value is -2.30. The van der Waals surface area contributed by atoms with Crippen LogP contribution in [-0.4, -0.2) is 34.3 Å². The number of fused-ring (bicyclic) bond motifs is 1. The number of H-pyrrole nitrogens is 1. The van der Waals surface area contributed by atoms with Crippen LogP contribution < -0.4 is 5.32 Å². The van der Waals surface area contributed by atoms with Gasteiger partial charge < -0.3 is 15.2 Å². The summed E-state index contributed by atoms with van der Waals surface area (Å²) in [7, 11) is 0. The SMILES string of the molecule is O=C(NCc1cc2ccccc2[nH]1)C1CC(=O)N(C2CCCC2)C1. The molecule has 5 nitrogen and oxygen atoms in total. The maximum Gasteiger partial charge on any atom is 0.225 e. The van der Waals surface area contributed by atoms with Crippen LogP contribution in [0.25, 0.3) is 10.9 Å². The van der Waals surface area contributed by atoms with E-state index in [4.69, 9.17) is 0 Å². The molecule has 1 saturated carbocycles. The van der Waals surface area contributed by atoms with Gasteiger partial charge in [-0.1, -0.05) is 31.0 Å². The minimum atomic E-state index is -0.206. The summed E-state index contributed by atoms with van der Waals surface area (Å²) in [6.45, 7) is 1.06. The van der Waals surface area contributed by atoms with Crippen LogP contribution in [-0.2, 0) is 16.1 Å². The first-order valence-corrected chi connectivity index (χ1v) is 8.84. The first kappa shape index (κ1) is 15.2. The van der Waals surface area contributed by atoms with Crippen molar-refractivity contribution in [3.63, 3.8) is 0 Å². The number of carbonyl (C=O) groups is 2. The van der Waals surface area contributed by atoms with E-state index in [-0.39, 0.29) is 17.7 Å². The Kier molecular flexibility index (Phi) is 4.00. The van der Waals surface area contributed by atoms with Crippen molar-refractivity contribution < 1.29 is 9.59 Å². The van der Waals surface area contributed by atoms with Crippen molar-refractivity contribution in [1.82, 2.24) is 15.2 Å². The molecule has 1 aromatic heterocycles. The smallest absolute Gasteiger partial charge is 0.225 e. The number of para-hydroxylation sites is 1. The van der Waals surface area contributed by atoms with Gasteiger partial charge in [0, 0.05) is 30.2 Å². The predicted octanol–water partition coefficient (Wildman–Crippen LogP) is 2.58. The molecule has 126 valence electrons. The van der Waals surface area contributed by atoms with E-state index in [1.807, 2.05) is 29.2 Å². The summed E-state index contributed by atoms with van der Waals surface area (Å²) in [6.07, 6.45) is 4.94. The lowest BCUT2D eigenvalue weighted by Gasteiger charge is -2.23. The van der Waals surface area contributed by atoms with Crippen molar-refractivity contribution in [2.24, 2.45) is 5.92 Å². The molecule has 0 bridgehead atoms. The number of nitrogens with zero attached hydrogens (tertiary/aromatic N) is 1. The molecule has 0 radical (unpaired) electrons. The van der Waals surface area contributed by atoms with Crippen molar-refractivity contribution in [1.29, 1.82) is 0 Å². The summed E-state index contributed by atoms with van der Waals surface area (Å²) in [4.78, 5) is 29.9. The fraction of sp³-hybridized carbons (Fsp3) is 0.474. The number of benzene rings is 1. The summed E-state index contributed by atoms with van der Waals surface area (Å²) < 4.78 is 0. The first-order valence-electron chi connectivity index (χ1n) is 8.84. The van der Waals surface area contributed by atoms with Crippen LogP contribution in [0.4, 0.5) is 0 Å². The van der Waals surface area contributed by atoms with E-state index in [0.717, 1.165) is 29.4 Å². The van der Waals surface area contributed by atoms with Gasteiger partial charge in [-0.15, -0.1) is 0 Å². The summed E-state index contributed by atoms with van der Waals surface area (Å²) in [5.74, 6) is -0.0716. The topological polar surface area (TPSA) is 65.2 Å². The maximum absolute atomic E-state index is 12.4. The fourth-order valence-electron chi connectivity index (χ4n) is 4.03. The number of hydrogen-bond donors (Lipinski definition) is 2. The Labute approximate surface area is 141 Å². The van der Waals surface area contributed by atoms with Crippen LogP contribution in [0.3, 0.4) is 0 Å². The molecule has 1 aliphatic carbocycles. The third kappa shape index (κ3) is 2.90. The number of aromatic nitrogens is 1. The largest absolute Gasteiger partial charge is 0.357 e. The molecule has 0 spiro atoms. The highest BCUT2D eigenvalue weighted by Crippen LogP contribution is 2.29. The van der Waals surface area contributed by atoms with Gasteiger partial charge in [-0.3, -0.25) is 9.59 Å². The molecule has 2 aliphatic rings. The van der Waals surface area contributed by atoms with Crippen molar-refractivity contribution in [2.45, 2.75) is 44.7 Å². The minimum absolute atomic E-state index is 0.0116. The highest BCUT2D eigenvalue weighted by molar-refractivity contribution is 5.89. The first-order chi connectivity index (χ1) is 11.7. The van der Waals surface area contributed by atoms with Crippen molar-refractivity contribution >= 4 is 22.7 Å². The highest BCUT2D eigenvalue weighted by Gasteiger charge is 2.38. The van der Waals surface area contributed by atoms with Gasteiger partial charge in [0.25, 0.3) is 0 Å². The van der Waals surface area contributed by atoms with Gasteiger partial charge in [0.05, 0.1) is 12.5 Å². The molecule has 1 aromatic carbocycles. The van der Waals surface area contributed by atoms with Gasteiger partial charge >= 0.3 is 0 Å². The quantitative estimate of drug-likeness (QED) is 0.907. The van der Waals surface area contributed by atoms with E-state index in [1.54, 1.807) is 0 Å². The van der Waals surface area contributed by atoms with Crippen LogP contribution in [0.5, 0.6) is 0 Å². The average Bonchev–Trinajstić information content (AvgIpc) is 3.30. The Balaban J connectivity index is 1.35. The van der Waals surface area contributed by atoms with Gasteiger partial charge in [-0.2, -0.15) is 0 Å². The average molecular weight is 325 g/mol. The Bertz CT molecular complexity index is 728. The van der Waals surface area contributed by atoms with E-state index < -0.39 is 0 Å². The molecule has 1 aliphatic heterocycles. The summed E-state index contributed by atoms with van der Waals surface area (Å²) >= 11 is 0. The molecular formula is C19H23N3O2. The molecule has 2 heterocycles. The molecule has 2 fully saturated rings. The Morgan fingerprint density at radius 1 is 1.25 bits per heavy atom. The normalized spacial score (nSPS) is 21.8. The molecule has 1 unspecified atom stereocenters. The monoisotopic (exact) mass is 325 g/mol. The molecule has 5 heteroatoms. The molecular weight excluding hydrogens is 302 g/mol. The molecule has 2 amide bonds. The molecule has 2 N–H and O–H groups in total. The van der Waals surface area contributed by atoms with E-state index in [0.29, 0.717) is 25.6 Å². The zero-order valence-corrected chi connectivity index (χ0v) is 13.8. The molecule has 1 saturated heterocycles. The van der Waals surface area contributed by atoms with Crippen LogP contribution in [0, 0.1) is 5.92 Å². The Morgan fingerprint density at radius 3 is 2.83 bits per heavy atom. The summed E-state index contributed by atoms with van der Waals surface area (Å²) in [5.41, 5.74) is 2.06. The second-order valence-corrected chi connectivity index (χ2v) is 6.99. The number of nitrogens with one attached hydrogen (secondary N) is 2.